The van der Waals surface area contributed by atoms with Crippen LogP contribution in [0.4, 0.5) is 0 Å². The lowest BCUT2D eigenvalue weighted by Gasteiger charge is -2.37. The molecule has 3 atom stereocenters. The van der Waals surface area contributed by atoms with Gasteiger partial charge in [0.1, 0.15) is 11.3 Å². The van der Waals surface area contributed by atoms with Crippen molar-refractivity contribution in [2.24, 2.45) is 5.92 Å². The van der Waals surface area contributed by atoms with Crippen molar-refractivity contribution in [3.05, 3.63) is 154 Å². The Labute approximate surface area is 219 Å². The van der Waals surface area contributed by atoms with Crippen LogP contribution in [-0.4, -0.2) is 16.2 Å². The van der Waals surface area contributed by atoms with Gasteiger partial charge in [-0.15, -0.1) is 0 Å². The molecule has 0 unspecified atom stereocenters. The Balaban J connectivity index is 1.39. The fourth-order valence-electron chi connectivity index (χ4n) is 6.18. The van der Waals surface area contributed by atoms with Crippen LogP contribution in [0.15, 0.2) is 126 Å². The van der Waals surface area contributed by atoms with Crippen molar-refractivity contribution >= 4 is 15.9 Å². The second kappa shape index (κ2) is 8.49. The predicted octanol–water partition coefficient (Wildman–Crippen LogP) is 7.38. The first-order valence-electron chi connectivity index (χ1n) is 12.4. The molecule has 1 saturated carbocycles. The number of rotatable bonds is 5. The van der Waals surface area contributed by atoms with Gasteiger partial charge >= 0.3 is 0 Å². The van der Waals surface area contributed by atoms with Gasteiger partial charge in [-0.2, -0.15) is 0 Å². The standard InChI is InChI=1S/C32H25BrN2O/c33-25-16-17-29-26(18-25)30-27(20-36-29)31(30)28-19-35(21-34-28)32(22-10-4-1-5-11-22,23-12-6-2-7-13-23)24-14-8-3-9-15-24/h1-19,21,27,30-31H,20H2/t27-,30+,31-/m0/s1. The van der Waals surface area contributed by atoms with Gasteiger partial charge in [0.05, 0.1) is 18.6 Å². The number of ether oxygens (including phenoxy) is 1. The first-order chi connectivity index (χ1) is 17.8. The molecular weight excluding hydrogens is 508 g/mol. The van der Waals surface area contributed by atoms with Gasteiger partial charge in [0, 0.05) is 28.4 Å². The van der Waals surface area contributed by atoms with E-state index in [1.54, 1.807) is 0 Å². The fraction of sp³-hybridized carbons (Fsp3) is 0.156. The van der Waals surface area contributed by atoms with E-state index in [0.29, 0.717) is 17.8 Å². The summed E-state index contributed by atoms with van der Waals surface area (Å²) >= 11 is 3.65. The van der Waals surface area contributed by atoms with Crippen LogP contribution in [0.2, 0.25) is 0 Å². The quantitative estimate of drug-likeness (QED) is 0.221. The minimum absolute atomic E-state index is 0.363. The summed E-state index contributed by atoms with van der Waals surface area (Å²) in [6, 6.07) is 38.6. The number of fused-ring (bicyclic) bond motifs is 3. The van der Waals surface area contributed by atoms with E-state index in [1.165, 1.54) is 22.3 Å². The van der Waals surface area contributed by atoms with Crippen LogP contribution in [0.5, 0.6) is 5.75 Å². The van der Waals surface area contributed by atoms with Crippen molar-refractivity contribution < 1.29 is 4.74 Å². The Morgan fingerprint density at radius 2 is 1.33 bits per heavy atom. The van der Waals surface area contributed by atoms with Gasteiger partial charge in [0.2, 0.25) is 0 Å². The molecule has 0 spiro atoms. The molecule has 4 heteroatoms. The molecule has 176 valence electrons. The smallest absolute Gasteiger partial charge is 0.122 e. The van der Waals surface area contributed by atoms with Gasteiger partial charge < -0.3 is 9.30 Å². The SMILES string of the molecule is Brc1ccc2c(c1)[C@@H]1[C@H](CO2)[C@H]1c1cn(C(c2ccccc2)(c2ccccc2)c2ccccc2)cn1. The number of hydrogen-bond donors (Lipinski definition) is 0. The van der Waals surface area contributed by atoms with Crippen LogP contribution >= 0.6 is 15.9 Å². The zero-order chi connectivity index (χ0) is 24.1. The average molecular weight is 533 g/mol. The van der Waals surface area contributed by atoms with E-state index >= 15 is 0 Å². The lowest BCUT2D eigenvalue weighted by Crippen LogP contribution is -2.36. The zero-order valence-corrected chi connectivity index (χ0v) is 21.3. The van der Waals surface area contributed by atoms with Crippen LogP contribution in [0, 0.1) is 5.92 Å². The highest BCUT2D eigenvalue weighted by Gasteiger charge is 2.56. The summed E-state index contributed by atoms with van der Waals surface area (Å²) in [5, 5.41) is 0. The molecule has 1 fully saturated rings. The molecular formula is C32H25BrN2O. The maximum Gasteiger partial charge on any atom is 0.122 e. The van der Waals surface area contributed by atoms with Crippen LogP contribution in [0.25, 0.3) is 0 Å². The number of halogens is 1. The van der Waals surface area contributed by atoms with Gasteiger partial charge in [-0.05, 0) is 40.5 Å². The van der Waals surface area contributed by atoms with E-state index in [9.17, 15) is 0 Å². The van der Waals surface area contributed by atoms with Crippen molar-refractivity contribution in [3.63, 3.8) is 0 Å². The molecule has 2 aliphatic rings. The van der Waals surface area contributed by atoms with Gasteiger partial charge in [-0.1, -0.05) is 107 Å². The van der Waals surface area contributed by atoms with E-state index < -0.39 is 5.54 Å². The molecule has 0 N–H and O–H groups in total. The van der Waals surface area contributed by atoms with E-state index in [0.717, 1.165) is 22.5 Å². The Morgan fingerprint density at radius 1 is 0.750 bits per heavy atom. The maximum atomic E-state index is 6.11. The zero-order valence-electron chi connectivity index (χ0n) is 19.7. The minimum atomic E-state index is -0.535. The summed E-state index contributed by atoms with van der Waals surface area (Å²) < 4.78 is 9.52. The van der Waals surface area contributed by atoms with E-state index in [4.69, 9.17) is 9.72 Å². The molecule has 4 aromatic carbocycles. The molecule has 5 aromatic rings. The highest BCUT2D eigenvalue weighted by Crippen LogP contribution is 2.64. The molecule has 3 nitrogen and oxygen atoms in total. The molecule has 1 aliphatic carbocycles. The molecule has 0 saturated heterocycles. The van der Waals surface area contributed by atoms with Gasteiger partial charge in [-0.3, -0.25) is 0 Å². The third-order valence-electron chi connectivity index (χ3n) is 7.84. The molecule has 1 aromatic heterocycles. The molecule has 0 amide bonds. The van der Waals surface area contributed by atoms with Gasteiger partial charge in [0.15, 0.2) is 0 Å². The summed E-state index contributed by atoms with van der Waals surface area (Å²) in [7, 11) is 0. The normalized spacial score (nSPS) is 20.2. The third-order valence-corrected chi connectivity index (χ3v) is 8.33. The number of benzene rings is 4. The average Bonchev–Trinajstić information content (AvgIpc) is 3.49. The van der Waals surface area contributed by atoms with Crippen LogP contribution < -0.4 is 4.74 Å². The Bertz CT molecular complexity index is 1420. The van der Waals surface area contributed by atoms with Gasteiger partial charge in [-0.25, -0.2) is 4.98 Å². The Kier molecular flexibility index (Phi) is 5.10. The summed E-state index contributed by atoms with van der Waals surface area (Å²) in [5.74, 6) is 2.29. The molecule has 36 heavy (non-hydrogen) atoms. The summed E-state index contributed by atoms with van der Waals surface area (Å²) in [6.07, 6.45) is 4.29. The molecule has 7 rings (SSSR count). The maximum absolute atomic E-state index is 6.11. The molecule has 0 bridgehead atoms. The first-order valence-corrected chi connectivity index (χ1v) is 13.2. The minimum Gasteiger partial charge on any atom is -0.493 e. The molecule has 0 radical (unpaired) electrons. The number of hydrogen-bond acceptors (Lipinski definition) is 2. The van der Waals surface area contributed by atoms with Crippen LogP contribution in [0.1, 0.15) is 39.8 Å². The lowest BCUT2D eigenvalue weighted by atomic mass is 9.77. The lowest BCUT2D eigenvalue weighted by molar-refractivity contribution is 0.277. The summed E-state index contributed by atoms with van der Waals surface area (Å²) in [4.78, 5) is 5.04. The third kappa shape index (κ3) is 3.28. The Morgan fingerprint density at radius 3 is 1.92 bits per heavy atom. The summed E-state index contributed by atoms with van der Waals surface area (Å²) in [5.41, 5.74) is 5.51. The second-order valence-electron chi connectivity index (χ2n) is 9.72. The topological polar surface area (TPSA) is 27.1 Å². The van der Waals surface area contributed by atoms with Crippen molar-refractivity contribution in [1.82, 2.24) is 9.55 Å². The predicted molar refractivity (Wildman–Crippen MR) is 145 cm³/mol. The molecule has 1 aliphatic heterocycles. The van der Waals surface area contributed by atoms with E-state index in [1.807, 2.05) is 6.33 Å². The van der Waals surface area contributed by atoms with Crippen molar-refractivity contribution in [2.75, 3.05) is 6.61 Å². The van der Waals surface area contributed by atoms with E-state index in [-0.39, 0.29) is 0 Å². The highest BCUT2D eigenvalue weighted by molar-refractivity contribution is 9.10. The molecule has 2 heterocycles. The Hall–Kier alpha value is -3.63. The number of aromatic nitrogens is 2. The van der Waals surface area contributed by atoms with Crippen molar-refractivity contribution in [3.8, 4) is 5.75 Å². The second-order valence-corrected chi connectivity index (χ2v) is 10.6. The summed E-state index contributed by atoms with van der Waals surface area (Å²) in [6.45, 7) is 0.748. The van der Waals surface area contributed by atoms with Crippen LogP contribution in [-0.2, 0) is 5.54 Å². The van der Waals surface area contributed by atoms with Crippen molar-refractivity contribution in [2.45, 2.75) is 17.4 Å². The fourth-order valence-corrected chi connectivity index (χ4v) is 6.56. The van der Waals surface area contributed by atoms with Gasteiger partial charge in [0.25, 0.3) is 0 Å². The van der Waals surface area contributed by atoms with Crippen LogP contribution in [0.3, 0.4) is 0 Å². The number of imidazole rings is 1. The number of nitrogens with zero attached hydrogens (tertiary/aromatic N) is 2. The van der Waals surface area contributed by atoms with E-state index in [2.05, 4.69) is 136 Å². The monoisotopic (exact) mass is 532 g/mol. The van der Waals surface area contributed by atoms with Crippen molar-refractivity contribution in [1.29, 1.82) is 0 Å². The highest BCUT2D eigenvalue weighted by atomic mass is 79.9. The largest absolute Gasteiger partial charge is 0.493 e. The first kappa shape index (κ1) is 21.6.